The molecule has 7 nitrogen and oxygen atoms in total. The monoisotopic (exact) mass is 457 g/mol. The van der Waals surface area contributed by atoms with Crippen LogP contribution in [0.25, 0.3) is 16.9 Å². The fourth-order valence-corrected chi connectivity index (χ4v) is 3.44. The van der Waals surface area contributed by atoms with Gasteiger partial charge in [0.05, 0.1) is 31.0 Å². The van der Waals surface area contributed by atoms with Crippen LogP contribution in [0, 0.1) is 6.92 Å². The largest absolute Gasteiger partial charge is 0.480 e. The molecule has 1 fully saturated rings. The molecule has 0 N–H and O–H groups in total. The van der Waals surface area contributed by atoms with Gasteiger partial charge in [0.25, 0.3) is 0 Å². The van der Waals surface area contributed by atoms with Crippen molar-refractivity contribution < 1.29 is 22.6 Å². The predicted molar refractivity (Wildman–Crippen MR) is 115 cm³/mol. The van der Waals surface area contributed by atoms with Crippen molar-refractivity contribution in [1.82, 2.24) is 24.6 Å². The van der Waals surface area contributed by atoms with E-state index >= 15 is 0 Å². The van der Waals surface area contributed by atoms with E-state index in [-0.39, 0.29) is 11.6 Å². The van der Waals surface area contributed by atoms with E-state index < -0.39 is 11.7 Å². The third-order valence-electron chi connectivity index (χ3n) is 5.24. The number of alkyl halides is 3. The van der Waals surface area contributed by atoms with Crippen molar-refractivity contribution in [3.8, 4) is 23.1 Å². The van der Waals surface area contributed by atoms with Gasteiger partial charge in [-0.3, -0.25) is 0 Å². The maximum Gasteiger partial charge on any atom is 0.416 e. The van der Waals surface area contributed by atoms with E-state index in [9.17, 15) is 13.2 Å². The lowest BCUT2D eigenvalue weighted by Crippen LogP contribution is -2.06. The van der Waals surface area contributed by atoms with Gasteiger partial charge in [0.1, 0.15) is 0 Å². The van der Waals surface area contributed by atoms with Gasteiger partial charge >= 0.3 is 12.2 Å². The van der Waals surface area contributed by atoms with Crippen LogP contribution < -0.4 is 9.47 Å². The van der Waals surface area contributed by atoms with E-state index in [4.69, 9.17) is 9.47 Å². The minimum Gasteiger partial charge on any atom is -0.480 e. The fraction of sp³-hybridized carbons (Fsp3) is 0.304. The number of methoxy groups -OCH3 is 2. The summed E-state index contributed by atoms with van der Waals surface area (Å²) in [4.78, 5) is 12.8. The number of imidazole rings is 1. The van der Waals surface area contributed by atoms with Crippen molar-refractivity contribution in [2.75, 3.05) is 14.2 Å². The quantitative estimate of drug-likeness (QED) is 0.425. The predicted octanol–water partition coefficient (Wildman–Crippen LogP) is 5.09. The van der Waals surface area contributed by atoms with Crippen molar-refractivity contribution in [2.24, 2.45) is 0 Å². The fourth-order valence-electron chi connectivity index (χ4n) is 3.44. The molecule has 0 atom stereocenters. The molecule has 3 heterocycles. The van der Waals surface area contributed by atoms with Crippen molar-refractivity contribution >= 4 is 5.65 Å². The normalized spacial score (nSPS) is 13.4. The highest BCUT2D eigenvalue weighted by molar-refractivity contribution is 5.67. The van der Waals surface area contributed by atoms with Gasteiger partial charge in [-0.2, -0.15) is 23.3 Å². The second kappa shape index (κ2) is 9.05. The Morgan fingerprint density at radius 2 is 1.82 bits per heavy atom. The Bertz CT molecular complexity index is 1270. The lowest BCUT2D eigenvalue weighted by atomic mass is 10.1. The third-order valence-corrected chi connectivity index (χ3v) is 5.24. The summed E-state index contributed by atoms with van der Waals surface area (Å²) in [6, 6.07) is 7.83. The summed E-state index contributed by atoms with van der Waals surface area (Å²) in [5.74, 6) is 1.01. The zero-order valence-corrected chi connectivity index (χ0v) is 18.3. The average Bonchev–Trinajstić information content (AvgIpc) is 3.54. The Balaban J connectivity index is 0.000000200. The molecule has 0 spiro atoms. The Morgan fingerprint density at radius 3 is 2.42 bits per heavy atom. The summed E-state index contributed by atoms with van der Waals surface area (Å²) in [5.41, 5.74) is 3.35. The molecule has 0 bridgehead atoms. The molecule has 0 saturated heterocycles. The number of aryl methyl sites for hydroxylation is 1. The molecule has 3 aromatic heterocycles. The van der Waals surface area contributed by atoms with Crippen LogP contribution in [0.3, 0.4) is 0 Å². The molecule has 0 radical (unpaired) electrons. The molecule has 33 heavy (non-hydrogen) atoms. The Morgan fingerprint density at radius 1 is 1.06 bits per heavy atom. The van der Waals surface area contributed by atoms with E-state index in [0.717, 1.165) is 23.0 Å². The molecule has 0 aliphatic heterocycles. The second-order valence-corrected chi connectivity index (χ2v) is 7.55. The van der Waals surface area contributed by atoms with Crippen molar-refractivity contribution in [3.05, 3.63) is 65.6 Å². The molecule has 10 heteroatoms. The number of rotatable bonds is 4. The molecule has 1 aromatic carbocycles. The first kappa shape index (κ1) is 22.5. The molecule has 1 aliphatic carbocycles. The number of fused-ring (bicyclic) bond motifs is 1. The lowest BCUT2D eigenvalue weighted by Gasteiger charge is -2.10. The zero-order chi connectivity index (χ0) is 23.6. The Hall–Kier alpha value is -3.69. The van der Waals surface area contributed by atoms with E-state index in [2.05, 4.69) is 26.1 Å². The first-order valence-electron chi connectivity index (χ1n) is 10.2. The number of hydrogen-bond acceptors (Lipinski definition) is 6. The van der Waals surface area contributed by atoms with Gasteiger partial charge in [-0.05, 0) is 43.4 Å². The summed E-state index contributed by atoms with van der Waals surface area (Å²) >= 11 is 0. The molecule has 1 saturated carbocycles. The first-order chi connectivity index (χ1) is 15.8. The van der Waals surface area contributed by atoms with Crippen LogP contribution in [0.4, 0.5) is 13.2 Å². The van der Waals surface area contributed by atoms with Gasteiger partial charge in [-0.25, -0.2) is 14.5 Å². The highest BCUT2D eigenvalue weighted by Gasteiger charge is 2.31. The maximum absolute atomic E-state index is 12.0. The van der Waals surface area contributed by atoms with Crippen LogP contribution >= 0.6 is 0 Å². The first-order valence-corrected chi connectivity index (χ1v) is 10.2. The van der Waals surface area contributed by atoms with E-state index in [1.807, 2.05) is 6.20 Å². The van der Waals surface area contributed by atoms with Crippen molar-refractivity contribution in [2.45, 2.75) is 31.9 Å². The molecule has 172 valence electrons. The molecule has 4 aromatic rings. The lowest BCUT2D eigenvalue weighted by molar-refractivity contribution is -0.138. The van der Waals surface area contributed by atoms with Crippen molar-refractivity contribution in [3.63, 3.8) is 0 Å². The average molecular weight is 457 g/mol. The van der Waals surface area contributed by atoms with E-state index in [0.29, 0.717) is 11.8 Å². The highest BCUT2D eigenvalue weighted by atomic mass is 19.4. The van der Waals surface area contributed by atoms with Crippen LogP contribution in [0.2, 0.25) is 0 Å². The van der Waals surface area contributed by atoms with E-state index in [1.165, 1.54) is 44.6 Å². The summed E-state index contributed by atoms with van der Waals surface area (Å²) in [6.07, 6.45) is 3.46. The van der Waals surface area contributed by atoms with Gasteiger partial charge in [-0.1, -0.05) is 18.2 Å². The SMILES string of the molecule is COc1ncc(-c2cc(C3CC3)c3nccn3n2)c(OC)n1.Cc1ccccc1C(F)(F)F. The van der Waals surface area contributed by atoms with E-state index in [1.54, 1.807) is 30.1 Å². The number of benzene rings is 1. The second-order valence-electron chi connectivity index (χ2n) is 7.55. The van der Waals surface area contributed by atoms with Crippen LogP contribution in [-0.2, 0) is 6.18 Å². The van der Waals surface area contributed by atoms with Gasteiger partial charge in [0, 0.05) is 24.2 Å². The van der Waals surface area contributed by atoms with Gasteiger partial charge in [-0.15, -0.1) is 0 Å². The molecular formula is C23H22F3N5O2. The summed E-state index contributed by atoms with van der Waals surface area (Å²) in [5, 5.41) is 4.59. The number of nitrogens with zero attached hydrogens (tertiary/aromatic N) is 5. The highest BCUT2D eigenvalue weighted by Crippen LogP contribution is 2.43. The van der Waals surface area contributed by atoms with Crippen LogP contribution in [0.5, 0.6) is 11.9 Å². The topological polar surface area (TPSA) is 74.4 Å². The maximum atomic E-state index is 12.0. The van der Waals surface area contributed by atoms with Crippen LogP contribution in [0.15, 0.2) is 48.9 Å². The molecule has 0 unspecified atom stereocenters. The van der Waals surface area contributed by atoms with Gasteiger partial charge < -0.3 is 9.47 Å². The third kappa shape index (κ3) is 4.89. The zero-order valence-electron chi connectivity index (χ0n) is 18.3. The van der Waals surface area contributed by atoms with Gasteiger partial charge in [0.2, 0.25) is 5.88 Å². The standard InChI is InChI=1S/C15H15N5O2.C8H7F3/c1-21-14-11(8-17-15(18-14)22-2)12-7-10(9-3-4-9)13-16-5-6-20(13)19-12;1-6-4-2-3-5-7(6)8(9,10)11/h5-9H,3-4H2,1-2H3;2-5H,1H3. The minimum atomic E-state index is -4.22. The molecule has 5 rings (SSSR count). The number of aromatic nitrogens is 5. The smallest absolute Gasteiger partial charge is 0.416 e. The molecule has 0 amide bonds. The van der Waals surface area contributed by atoms with Crippen LogP contribution in [0.1, 0.15) is 35.4 Å². The summed E-state index contributed by atoms with van der Waals surface area (Å²) in [7, 11) is 3.10. The molecule has 1 aliphatic rings. The summed E-state index contributed by atoms with van der Waals surface area (Å²) in [6.45, 7) is 1.45. The van der Waals surface area contributed by atoms with Crippen molar-refractivity contribution in [1.29, 1.82) is 0 Å². The molecular weight excluding hydrogens is 435 g/mol. The van der Waals surface area contributed by atoms with Crippen LogP contribution in [-0.4, -0.2) is 38.8 Å². The Kier molecular flexibility index (Phi) is 6.17. The number of ether oxygens (including phenoxy) is 2. The number of hydrogen-bond donors (Lipinski definition) is 0. The Labute approximate surface area is 188 Å². The van der Waals surface area contributed by atoms with Gasteiger partial charge in [0.15, 0.2) is 5.65 Å². The number of halogens is 3. The summed E-state index contributed by atoms with van der Waals surface area (Å²) < 4.78 is 48.3. The minimum absolute atomic E-state index is 0.264.